The number of rotatable bonds is 12. The molecular weight excluding hydrogens is 456 g/mol. The van der Waals surface area contributed by atoms with Gasteiger partial charge in [-0.05, 0) is 93.0 Å². The van der Waals surface area contributed by atoms with Gasteiger partial charge >= 0.3 is 0 Å². The molecule has 0 radical (unpaired) electrons. The standard InChI is InChI=1S/C29H35ClN4O/c1-6-32-19-34(5)15-9-13-25-20(2)28(33-21(25)3)17-23(18-35)29-26(12-8-14-27(29)31-4)22-10-7-11-24(30)16-22/h6-8,10-12,14,16-18,31-33H,1,9,13,15,19H2,2-5H3/b23-17+. The lowest BCUT2D eigenvalue weighted by Gasteiger charge is -2.16. The van der Waals surface area contributed by atoms with E-state index in [1.807, 2.05) is 55.6 Å². The summed E-state index contributed by atoms with van der Waals surface area (Å²) in [6, 6.07) is 13.7. The maximum atomic E-state index is 12.4. The van der Waals surface area contributed by atoms with Crippen molar-refractivity contribution in [3.63, 3.8) is 0 Å². The number of aromatic nitrogens is 1. The fourth-order valence-electron chi connectivity index (χ4n) is 4.45. The molecule has 0 amide bonds. The van der Waals surface area contributed by atoms with Gasteiger partial charge in [0.2, 0.25) is 0 Å². The maximum Gasteiger partial charge on any atom is 0.150 e. The normalized spacial score (nSPS) is 11.5. The third-order valence-corrected chi connectivity index (χ3v) is 6.52. The van der Waals surface area contributed by atoms with Crippen molar-refractivity contribution in [2.24, 2.45) is 0 Å². The first-order valence-electron chi connectivity index (χ1n) is 11.8. The van der Waals surface area contributed by atoms with E-state index < -0.39 is 0 Å². The number of carbonyl (C=O) groups is 1. The summed E-state index contributed by atoms with van der Waals surface area (Å²) in [6.45, 7) is 9.68. The second kappa shape index (κ2) is 12.4. The monoisotopic (exact) mass is 490 g/mol. The second-order valence-corrected chi connectivity index (χ2v) is 9.16. The van der Waals surface area contributed by atoms with Gasteiger partial charge in [-0.2, -0.15) is 0 Å². The summed E-state index contributed by atoms with van der Waals surface area (Å²) in [7, 11) is 3.96. The lowest BCUT2D eigenvalue weighted by molar-refractivity contribution is -0.103. The van der Waals surface area contributed by atoms with E-state index in [-0.39, 0.29) is 0 Å². The number of aldehydes is 1. The molecule has 1 aromatic heterocycles. The SMILES string of the molecule is C=CNCN(C)CCCc1c(C)[nH]c(/C=C(\C=O)c2c(NC)cccc2-c2cccc(Cl)c2)c1C. The highest BCUT2D eigenvalue weighted by Crippen LogP contribution is 2.36. The fraction of sp³-hybridized carbons (Fsp3) is 0.276. The summed E-state index contributed by atoms with van der Waals surface area (Å²) in [5.41, 5.74) is 8.86. The van der Waals surface area contributed by atoms with Crippen molar-refractivity contribution >= 4 is 35.2 Å². The van der Waals surface area contributed by atoms with Gasteiger partial charge in [0.05, 0.1) is 6.67 Å². The molecular formula is C29H35ClN4O. The van der Waals surface area contributed by atoms with Gasteiger partial charge in [0.15, 0.2) is 6.29 Å². The van der Waals surface area contributed by atoms with Gasteiger partial charge in [-0.1, -0.05) is 42.4 Å². The topological polar surface area (TPSA) is 60.2 Å². The number of benzene rings is 2. The first-order valence-corrected chi connectivity index (χ1v) is 12.2. The molecule has 1 heterocycles. The Morgan fingerprint density at radius 1 is 1.20 bits per heavy atom. The van der Waals surface area contributed by atoms with Crippen LogP contribution in [0.25, 0.3) is 22.8 Å². The molecule has 5 nitrogen and oxygen atoms in total. The molecule has 0 fully saturated rings. The van der Waals surface area contributed by atoms with Crippen LogP contribution in [0, 0.1) is 13.8 Å². The van der Waals surface area contributed by atoms with Gasteiger partial charge in [-0.15, -0.1) is 0 Å². The van der Waals surface area contributed by atoms with Crippen LogP contribution in [0.15, 0.2) is 55.2 Å². The Balaban J connectivity index is 1.96. The number of anilines is 1. The van der Waals surface area contributed by atoms with E-state index in [1.54, 1.807) is 6.20 Å². The predicted molar refractivity (Wildman–Crippen MR) is 150 cm³/mol. The third-order valence-electron chi connectivity index (χ3n) is 6.29. The number of halogens is 1. The zero-order chi connectivity index (χ0) is 25.4. The predicted octanol–water partition coefficient (Wildman–Crippen LogP) is 6.29. The molecule has 2 aromatic carbocycles. The number of nitrogens with zero attached hydrogens (tertiary/aromatic N) is 1. The number of H-pyrrole nitrogens is 1. The molecule has 3 aromatic rings. The van der Waals surface area contributed by atoms with Gasteiger partial charge in [-0.3, -0.25) is 9.69 Å². The average Bonchev–Trinajstić information content (AvgIpc) is 3.12. The number of carbonyl (C=O) groups excluding carboxylic acids is 1. The molecule has 0 saturated carbocycles. The minimum atomic E-state index is 0.607. The van der Waals surface area contributed by atoms with E-state index in [0.29, 0.717) is 10.6 Å². The Morgan fingerprint density at radius 3 is 2.66 bits per heavy atom. The Kier molecular flexibility index (Phi) is 9.35. The van der Waals surface area contributed by atoms with Crippen LogP contribution in [0.4, 0.5) is 5.69 Å². The van der Waals surface area contributed by atoms with Crippen LogP contribution in [-0.4, -0.2) is 43.5 Å². The van der Waals surface area contributed by atoms with E-state index in [1.165, 1.54) is 11.1 Å². The zero-order valence-electron chi connectivity index (χ0n) is 21.0. The fourth-order valence-corrected chi connectivity index (χ4v) is 4.64. The number of hydrogen-bond acceptors (Lipinski definition) is 4. The number of nitrogens with one attached hydrogen (secondary N) is 3. The van der Waals surface area contributed by atoms with Gasteiger partial charge < -0.3 is 15.6 Å². The largest absolute Gasteiger partial charge is 0.388 e. The van der Waals surface area contributed by atoms with Crippen molar-refractivity contribution in [1.29, 1.82) is 0 Å². The number of allylic oxidation sites excluding steroid dienone is 1. The van der Waals surface area contributed by atoms with Crippen molar-refractivity contribution in [3.05, 3.63) is 88.3 Å². The van der Waals surface area contributed by atoms with Crippen LogP contribution >= 0.6 is 11.6 Å². The summed E-state index contributed by atoms with van der Waals surface area (Å²) >= 11 is 6.28. The van der Waals surface area contributed by atoms with E-state index in [4.69, 9.17) is 11.6 Å². The van der Waals surface area contributed by atoms with Crippen LogP contribution in [-0.2, 0) is 11.2 Å². The van der Waals surface area contributed by atoms with Crippen molar-refractivity contribution in [2.75, 3.05) is 32.6 Å². The first-order chi connectivity index (χ1) is 16.9. The van der Waals surface area contributed by atoms with E-state index >= 15 is 0 Å². The summed E-state index contributed by atoms with van der Waals surface area (Å²) < 4.78 is 0. The van der Waals surface area contributed by atoms with Crippen molar-refractivity contribution in [3.8, 4) is 11.1 Å². The maximum absolute atomic E-state index is 12.4. The molecule has 0 atom stereocenters. The first kappa shape index (κ1) is 26.3. The van der Waals surface area contributed by atoms with Gasteiger partial charge in [0, 0.05) is 40.3 Å². The molecule has 184 valence electrons. The molecule has 0 bridgehead atoms. The van der Waals surface area contributed by atoms with Crippen molar-refractivity contribution in [1.82, 2.24) is 15.2 Å². The van der Waals surface area contributed by atoms with E-state index in [9.17, 15) is 4.79 Å². The van der Waals surface area contributed by atoms with Crippen LogP contribution < -0.4 is 10.6 Å². The molecule has 6 heteroatoms. The molecule has 0 spiro atoms. The van der Waals surface area contributed by atoms with Crippen LogP contribution in [0.1, 0.15) is 34.5 Å². The molecule has 0 unspecified atom stereocenters. The molecule has 0 saturated heterocycles. The lowest BCUT2D eigenvalue weighted by atomic mass is 9.92. The Labute approximate surface area is 213 Å². The Morgan fingerprint density at radius 2 is 1.97 bits per heavy atom. The van der Waals surface area contributed by atoms with Crippen molar-refractivity contribution < 1.29 is 4.79 Å². The molecule has 3 N–H and O–H groups in total. The number of aromatic amines is 1. The van der Waals surface area contributed by atoms with Gasteiger partial charge in [0.1, 0.15) is 0 Å². The molecule has 0 aliphatic carbocycles. The Hall–Kier alpha value is -3.28. The minimum absolute atomic E-state index is 0.607. The summed E-state index contributed by atoms with van der Waals surface area (Å²) in [5.74, 6) is 0. The quantitative estimate of drug-likeness (QED) is 0.159. The van der Waals surface area contributed by atoms with Crippen molar-refractivity contribution in [2.45, 2.75) is 26.7 Å². The minimum Gasteiger partial charge on any atom is -0.388 e. The van der Waals surface area contributed by atoms with Crippen LogP contribution in [0.2, 0.25) is 5.02 Å². The van der Waals surface area contributed by atoms with Crippen LogP contribution in [0.5, 0.6) is 0 Å². The zero-order valence-corrected chi connectivity index (χ0v) is 21.8. The summed E-state index contributed by atoms with van der Waals surface area (Å²) in [6.07, 6.45) is 6.62. The van der Waals surface area contributed by atoms with Gasteiger partial charge in [-0.25, -0.2) is 0 Å². The third kappa shape index (κ3) is 6.44. The number of aryl methyl sites for hydroxylation is 1. The number of hydrogen-bond donors (Lipinski definition) is 3. The highest BCUT2D eigenvalue weighted by atomic mass is 35.5. The smallest absolute Gasteiger partial charge is 0.150 e. The molecule has 0 aliphatic rings. The van der Waals surface area contributed by atoms with Crippen LogP contribution in [0.3, 0.4) is 0 Å². The average molecular weight is 491 g/mol. The molecule has 3 rings (SSSR count). The van der Waals surface area contributed by atoms with E-state index in [0.717, 1.165) is 66.1 Å². The molecule has 0 aliphatic heterocycles. The van der Waals surface area contributed by atoms with Gasteiger partial charge in [0.25, 0.3) is 0 Å². The van der Waals surface area contributed by atoms with E-state index in [2.05, 4.69) is 48.0 Å². The summed E-state index contributed by atoms with van der Waals surface area (Å²) in [5, 5.41) is 7.03. The lowest BCUT2D eigenvalue weighted by Crippen LogP contribution is -2.29. The Bertz CT molecular complexity index is 1210. The second-order valence-electron chi connectivity index (χ2n) is 8.72. The molecule has 35 heavy (non-hydrogen) atoms. The highest BCUT2D eigenvalue weighted by molar-refractivity contribution is 6.31. The highest BCUT2D eigenvalue weighted by Gasteiger charge is 2.17. The summed E-state index contributed by atoms with van der Waals surface area (Å²) in [4.78, 5) is 18.2.